The molecule has 2 aromatic rings. The van der Waals surface area contributed by atoms with Crippen LogP contribution in [0.1, 0.15) is 56.1 Å². The maximum Gasteiger partial charge on any atom is 0.256 e. The van der Waals surface area contributed by atoms with E-state index >= 15 is 0 Å². The largest absolute Gasteiger partial charge is 0.365 e. The molecule has 1 aliphatic rings. The van der Waals surface area contributed by atoms with Crippen molar-refractivity contribution in [2.45, 2.75) is 46.7 Å². The van der Waals surface area contributed by atoms with Crippen LogP contribution in [-0.2, 0) is 13.0 Å². The van der Waals surface area contributed by atoms with Gasteiger partial charge in [-0.15, -0.1) is 11.3 Å². The van der Waals surface area contributed by atoms with Crippen LogP contribution in [0.5, 0.6) is 0 Å². The molecule has 1 aromatic heterocycles. The number of quaternary nitrogens is 1. The number of aryl methyl sites for hydroxylation is 2. The van der Waals surface area contributed by atoms with E-state index in [1.807, 2.05) is 26.0 Å². The van der Waals surface area contributed by atoms with Gasteiger partial charge in [0.25, 0.3) is 11.8 Å². The van der Waals surface area contributed by atoms with Crippen LogP contribution in [0.4, 0.5) is 5.00 Å². The molecule has 2 amide bonds. The molecule has 3 rings (SSSR count). The van der Waals surface area contributed by atoms with Crippen molar-refractivity contribution in [3.05, 3.63) is 50.9 Å². The first-order valence-electron chi connectivity index (χ1n) is 8.95. The van der Waals surface area contributed by atoms with Crippen LogP contribution in [0.25, 0.3) is 0 Å². The lowest BCUT2D eigenvalue weighted by Crippen LogP contribution is -3.14. The predicted octanol–water partition coefficient (Wildman–Crippen LogP) is 2.07. The van der Waals surface area contributed by atoms with E-state index in [1.165, 1.54) is 16.2 Å². The second-order valence-electron chi connectivity index (χ2n) is 7.32. The van der Waals surface area contributed by atoms with Gasteiger partial charge in [-0.1, -0.05) is 6.07 Å². The minimum absolute atomic E-state index is 0.206. The highest BCUT2D eigenvalue weighted by molar-refractivity contribution is 7.17. The Morgan fingerprint density at radius 1 is 1.23 bits per heavy atom. The van der Waals surface area contributed by atoms with Gasteiger partial charge in [-0.25, -0.2) is 0 Å². The van der Waals surface area contributed by atoms with Crippen molar-refractivity contribution in [2.75, 3.05) is 11.9 Å². The van der Waals surface area contributed by atoms with Gasteiger partial charge in [0.1, 0.15) is 11.5 Å². The highest BCUT2D eigenvalue weighted by Crippen LogP contribution is 2.34. The van der Waals surface area contributed by atoms with Crippen LogP contribution in [0.2, 0.25) is 0 Å². The van der Waals surface area contributed by atoms with Gasteiger partial charge < -0.3 is 16.0 Å². The number of fused-ring (bicyclic) bond motifs is 1. The number of carbonyl (C=O) groups excluding carboxylic acids is 2. The van der Waals surface area contributed by atoms with E-state index in [1.54, 1.807) is 6.07 Å². The summed E-state index contributed by atoms with van der Waals surface area (Å²) in [6, 6.07) is 6.13. The van der Waals surface area contributed by atoms with Gasteiger partial charge in [0.05, 0.1) is 23.0 Å². The number of rotatable bonds is 4. The summed E-state index contributed by atoms with van der Waals surface area (Å²) < 4.78 is 0. The number of thiophene rings is 1. The van der Waals surface area contributed by atoms with Crippen molar-refractivity contribution >= 4 is 28.2 Å². The van der Waals surface area contributed by atoms with Gasteiger partial charge in [0.15, 0.2) is 0 Å². The Morgan fingerprint density at radius 2 is 1.96 bits per heavy atom. The predicted molar refractivity (Wildman–Crippen MR) is 105 cm³/mol. The number of benzene rings is 1. The molecule has 2 heterocycles. The zero-order chi connectivity index (χ0) is 19.0. The molecule has 6 heteroatoms. The molecule has 1 atom stereocenters. The molecule has 4 N–H and O–H groups in total. The highest BCUT2D eigenvalue weighted by Gasteiger charge is 2.30. The molecule has 0 saturated heterocycles. The standard InChI is InChI=1S/C20H25N3O2S/c1-11(2)23-8-7-15-16(10-23)26-20(17(15)18(21)24)22-19(25)14-6-5-12(3)13(4)9-14/h5-6,9,11H,7-8,10H2,1-4H3,(H2,21,24)(H,22,25)/p+1. The average molecular weight is 373 g/mol. The Kier molecular flexibility index (Phi) is 5.16. The number of hydrogen-bond donors (Lipinski definition) is 3. The Labute approximate surface area is 158 Å². The third-order valence-corrected chi connectivity index (χ3v) is 6.38. The molecule has 1 aliphatic heterocycles. The summed E-state index contributed by atoms with van der Waals surface area (Å²) >= 11 is 1.49. The fourth-order valence-corrected chi connectivity index (χ4v) is 4.70. The van der Waals surface area contributed by atoms with Gasteiger partial charge in [-0.2, -0.15) is 0 Å². The summed E-state index contributed by atoms with van der Waals surface area (Å²) in [6.45, 7) is 10.2. The number of hydrogen-bond acceptors (Lipinski definition) is 3. The van der Waals surface area contributed by atoms with Crippen molar-refractivity contribution in [1.29, 1.82) is 0 Å². The third kappa shape index (κ3) is 3.52. The van der Waals surface area contributed by atoms with E-state index in [0.29, 0.717) is 22.2 Å². The summed E-state index contributed by atoms with van der Waals surface area (Å²) in [7, 11) is 0. The number of anilines is 1. The topological polar surface area (TPSA) is 76.6 Å². The maximum atomic E-state index is 12.7. The molecule has 0 saturated carbocycles. The fourth-order valence-electron chi connectivity index (χ4n) is 3.40. The van der Waals surface area contributed by atoms with Gasteiger partial charge in [0, 0.05) is 12.0 Å². The number of nitrogens with two attached hydrogens (primary N) is 1. The Bertz CT molecular complexity index is 870. The van der Waals surface area contributed by atoms with Crippen LogP contribution in [-0.4, -0.2) is 24.4 Å². The van der Waals surface area contributed by atoms with Gasteiger partial charge >= 0.3 is 0 Å². The molecule has 5 nitrogen and oxygen atoms in total. The first kappa shape index (κ1) is 18.6. The number of carbonyl (C=O) groups is 2. The van der Waals surface area contributed by atoms with E-state index < -0.39 is 5.91 Å². The van der Waals surface area contributed by atoms with Crippen molar-refractivity contribution < 1.29 is 14.5 Å². The van der Waals surface area contributed by atoms with Gasteiger partial charge in [0.2, 0.25) is 0 Å². The average Bonchev–Trinajstić information content (AvgIpc) is 2.94. The van der Waals surface area contributed by atoms with Crippen molar-refractivity contribution in [3.8, 4) is 0 Å². The molecule has 138 valence electrons. The lowest BCUT2D eigenvalue weighted by molar-refractivity contribution is -0.936. The lowest BCUT2D eigenvalue weighted by Gasteiger charge is -2.27. The summed E-state index contributed by atoms with van der Waals surface area (Å²) in [4.78, 5) is 27.4. The van der Waals surface area contributed by atoms with E-state index in [2.05, 4.69) is 19.2 Å². The monoisotopic (exact) mass is 372 g/mol. The molecule has 1 unspecified atom stereocenters. The highest BCUT2D eigenvalue weighted by atomic mass is 32.1. The van der Waals surface area contributed by atoms with Crippen LogP contribution in [0.3, 0.4) is 0 Å². The Hall–Kier alpha value is -2.18. The molecular weight excluding hydrogens is 346 g/mol. The molecule has 1 aromatic carbocycles. The second-order valence-corrected chi connectivity index (χ2v) is 8.42. The van der Waals surface area contributed by atoms with Gasteiger partial charge in [-0.05, 0) is 56.5 Å². The van der Waals surface area contributed by atoms with E-state index in [4.69, 9.17) is 5.73 Å². The molecule has 0 spiro atoms. The number of amides is 2. The van der Waals surface area contributed by atoms with Crippen LogP contribution >= 0.6 is 11.3 Å². The van der Waals surface area contributed by atoms with Crippen molar-refractivity contribution in [2.24, 2.45) is 5.73 Å². The molecule has 0 fully saturated rings. The van der Waals surface area contributed by atoms with Crippen molar-refractivity contribution in [3.63, 3.8) is 0 Å². The van der Waals surface area contributed by atoms with Crippen LogP contribution in [0, 0.1) is 13.8 Å². The minimum atomic E-state index is -0.467. The first-order chi connectivity index (χ1) is 12.3. The van der Waals surface area contributed by atoms with E-state index in [9.17, 15) is 9.59 Å². The lowest BCUT2D eigenvalue weighted by atomic mass is 10.0. The SMILES string of the molecule is Cc1ccc(C(=O)Nc2sc3c(c2C(N)=O)CC[NH+](C(C)C)C3)cc1C. The minimum Gasteiger partial charge on any atom is -0.365 e. The summed E-state index contributed by atoms with van der Waals surface area (Å²) in [5, 5.41) is 3.50. The zero-order valence-electron chi connectivity index (χ0n) is 15.7. The third-order valence-electron chi connectivity index (χ3n) is 5.23. The normalized spacial score (nSPS) is 16.4. The van der Waals surface area contributed by atoms with Crippen LogP contribution < -0.4 is 16.0 Å². The number of primary amides is 1. The second kappa shape index (κ2) is 7.21. The summed E-state index contributed by atoms with van der Waals surface area (Å²) in [6.07, 6.45) is 0.817. The Balaban J connectivity index is 1.91. The van der Waals surface area contributed by atoms with Crippen molar-refractivity contribution in [1.82, 2.24) is 0 Å². The molecule has 0 bridgehead atoms. The van der Waals surface area contributed by atoms with Gasteiger partial charge in [-0.3, -0.25) is 9.59 Å². The van der Waals surface area contributed by atoms with E-state index in [-0.39, 0.29) is 5.91 Å². The first-order valence-corrected chi connectivity index (χ1v) is 9.77. The molecule has 0 aliphatic carbocycles. The summed E-state index contributed by atoms with van der Waals surface area (Å²) in [5.74, 6) is -0.673. The molecule has 0 radical (unpaired) electrons. The van der Waals surface area contributed by atoms with Crippen LogP contribution in [0.15, 0.2) is 18.2 Å². The smallest absolute Gasteiger partial charge is 0.256 e. The number of nitrogens with one attached hydrogen (secondary N) is 2. The summed E-state index contributed by atoms with van der Waals surface area (Å²) in [5.41, 5.74) is 9.95. The van der Waals surface area contributed by atoms with E-state index in [0.717, 1.165) is 41.1 Å². The fraction of sp³-hybridized carbons (Fsp3) is 0.400. The zero-order valence-corrected chi connectivity index (χ0v) is 16.5. The molecule has 26 heavy (non-hydrogen) atoms. The quantitative estimate of drug-likeness (QED) is 0.768. The molecular formula is C20H26N3O2S+. The maximum absolute atomic E-state index is 12.7. The Morgan fingerprint density at radius 3 is 2.58 bits per heavy atom.